The molecule has 0 aliphatic rings. The zero-order valence-electron chi connectivity index (χ0n) is 5.09. The van der Waals surface area contributed by atoms with Crippen LogP contribution in [0.5, 0.6) is 0 Å². The lowest BCUT2D eigenvalue weighted by Crippen LogP contribution is -2.29. The van der Waals surface area contributed by atoms with Gasteiger partial charge in [-0.05, 0) is 13.5 Å². The van der Waals surface area contributed by atoms with E-state index in [9.17, 15) is 0 Å². The van der Waals surface area contributed by atoms with Crippen LogP contribution in [-0.2, 0) is 0 Å². The van der Waals surface area contributed by atoms with Crippen LogP contribution in [0.4, 0.5) is 0 Å². The number of aliphatic hydroxyl groups is 2. The maximum absolute atomic E-state index is 8.48. The van der Waals surface area contributed by atoms with Crippen LogP contribution in [0.3, 0.4) is 0 Å². The highest BCUT2D eigenvalue weighted by molar-refractivity contribution is 4.59. The van der Waals surface area contributed by atoms with Gasteiger partial charge in [-0.2, -0.15) is 0 Å². The fourth-order valence-corrected chi connectivity index (χ4v) is 0.483. The molecular formula is C5H13NO2. The zero-order valence-corrected chi connectivity index (χ0v) is 5.09. The van der Waals surface area contributed by atoms with E-state index in [-0.39, 0.29) is 19.3 Å². The molecule has 8 heavy (non-hydrogen) atoms. The molecule has 0 aromatic rings. The molecule has 0 saturated carbocycles. The van der Waals surface area contributed by atoms with E-state index in [4.69, 9.17) is 10.2 Å². The summed E-state index contributed by atoms with van der Waals surface area (Å²) in [5.41, 5.74) is 0. The van der Waals surface area contributed by atoms with Gasteiger partial charge in [-0.3, -0.25) is 0 Å². The number of aliphatic hydroxyl groups excluding tert-OH is 2. The Balaban J connectivity index is 3.07. The molecule has 0 radical (unpaired) electrons. The fraction of sp³-hybridized carbons (Fsp3) is 1.00. The molecule has 0 aromatic carbocycles. The van der Waals surface area contributed by atoms with Crippen molar-refractivity contribution in [2.24, 2.45) is 0 Å². The van der Waals surface area contributed by atoms with Crippen LogP contribution in [-0.4, -0.2) is 36.5 Å². The minimum absolute atomic E-state index is 0.0556. The fourth-order valence-electron chi connectivity index (χ4n) is 0.483. The Morgan fingerprint density at radius 1 is 1.50 bits per heavy atom. The van der Waals surface area contributed by atoms with Crippen LogP contribution < -0.4 is 5.32 Å². The molecule has 0 saturated heterocycles. The van der Waals surface area contributed by atoms with Crippen LogP contribution in [0, 0.1) is 0 Å². The first kappa shape index (κ1) is 7.88. The largest absolute Gasteiger partial charge is 0.396 e. The number of rotatable bonds is 4. The van der Waals surface area contributed by atoms with Gasteiger partial charge in [0.05, 0.1) is 6.61 Å². The van der Waals surface area contributed by atoms with Gasteiger partial charge >= 0.3 is 0 Å². The summed E-state index contributed by atoms with van der Waals surface area (Å²) in [5.74, 6) is 0. The third-order valence-corrected chi connectivity index (χ3v) is 1.11. The van der Waals surface area contributed by atoms with E-state index in [1.54, 1.807) is 7.05 Å². The van der Waals surface area contributed by atoms with Crippen LogP contribution in [0.25, 0.3) is 0 Å². The topological polar surface area (TPSA) is 52.5 Å². The molecule has 1 atom stereocenters. The lowest BCUT2D eigenvalue weighted by atomic mass is 10.2. The summed E-state index contributed by atoms with van der Waals surface area (Å²) in [7, 11) is 1.76. The highest BCUT2D eigenvalue weighted by Crippen LogP contribution is 1.85. The summed E-state index contributed by atoms with van der Waals surface area (Å²) in [6.45, 7) is 0.225. The van der Waals surface area contributed by atoms with E-state index in [2.05, 4.69) is 5.32 Å². The third kappa shape index (κ3) is 2.96. The van der Waals surface area contributed by atoms with Crippen molar-refractivity contribution in [3.8, 4) is 0 Å². The number of hydrogen-bond acceptors (Lipinski definition) is 3. The SMILES string of the molecule is CNC(CO)CCO. The van der Waals surface area contributed by atoms with E-state index in [0.29, 0.717) is 6.42 Å². The van der Waals surface area contributed by atoms with Crippen molar-refractivity contribution in [1.29, 1.82) is 0 Å². The monoisotopic (exact) mass is 119 g/mol. The van der Waals surface area contributed by atoms with Crippen LogP contribution >= 0.6 is 0 Å². The Kier molecular flexibility index (Phi) is 4.95. The summed E-state index contributed by atoms with van der Waals surface area (Å²) in [5, 5.41) is 19.7. The minimum atomic E-state index is 0.0556. The number of likely N-dealkylation sites (N-methyl/N-ethyl adjacent to an activating group) is 1. The molecule has 0 rings (SSSR count). The molecule has 3 nitrogen and oxygen atoms in total. The quantitative estimate of drug-likeness (QED) is 0.442. The van der Waals surface area contributed by atoms with Crippen molar-refractivity contribution in [3.63, 3.8) is 0 Å². The number of hydrogen-bond donors (Lipinski definition) is 3. The number of nitrogens with one attached hydrogen (secondary N) is 1. The van der Waals surface area contributed by atoms with Crippen molar-refractivity contribution < 1.29 is 10.2 Å². The maximum Gasteiger partial charge on any atom is 0.0585 e. The van der Waals surface area contributed by atoms with Crippen molar-refractivity contribution in [2.75, 3.05) is 20.3 Å². The van der Waals surface area contributed by atoms with E-state index >= 15 is 0 Å². The molecule has 3 heteroatoms. The lowest BCUT2D eigenvalue weighted by molar-refractivity contribution is 0.206. The van der Waals surface area contributed by atoms with E-state index in [1.165, 1.54) is 0 Å². The maximum atomic E-state index is 8.48. The van der Waals surface area contributed by atoms with Crippen LogP contribution in [0.15, 0.2) is 0 Å². The molecule has 0 aliphatic heterocycles. The van der Waals surface area contributed by atoms with Crippen molar-refractivity contribution in [1.82, 2.24) is 5.32 Å². The first-order valence-electron chi connectivity index (χ1n) is 2.74. The second-order valence-electron chi connectivity index (χ2n) is 1.68. The van der Waals surface area contributed by atoms with E-state index in [0.717, 1.165) is 0 Å². The van der Waals surface area contributed by atoms with Crippen molar-refractivity contribution in [2.45, 2.75) is 12.5 Å². The predicted octanol–water partition coefficient (Wildman–Crippen LogP) is -1.05. The van der Waals surface area contributed by atoms with Gasteiger partial charge in [0.2, 0.25) is 0 Å². The predicted molar refractivity (Wildman–Crippen MR) is 31.6 cm³/mol. The van der Waals surface area contributed by atoms with E-state index < -0.39 is 0 Å². The second-order valence-corrected chi connectivity index (χ2v) is 1.68. The van der Waals surface area contributed by atoms with Gasteiger partial charge < -0.3 is 15.5 Å². The molecule has 0 aliphatic carbocycles. The van der Waals surface area contributed by atoms with Crippen LogP contribution in [0.1, 0.15) is 6.42 Å². The molecule has 50 valence electrons. The minimum Gasteiger partial charge on any atom is -0.396 e. The van der Waals surface area contributed by atoms with Crippen LogP contribution in [0.2, 0.25) is 0 Å². The molecule has 0 fully saturated rings. The smallest absolute Gasteiger partial charge is 0.0585 e. The molecule has 0 amide bonds. The highest BCUT2D eigenvalue weighted by Gasteiger charge is 1.99. The Hall–Kier alpha value is -0.120. The molecular weight excluding hydrogens is 106 g/mol. The summed E-state index contributed by atoms with van der Waals surface area (Å²) in [6.07, 6.45) is 0.618. The Labute approximate surface area is 49.3 Å². The summed E-state index contributed by atoms with van der Waals surface area (Å²) in [4.78, 5) is 0. The average molecular weight is 119 g/mol. The van der Waals surface area contributed by atoms with Gasteiger partial charge in [-0.15, -0.1) is 0 Å². The molecule has 0 bridgehead atoms. The van der Waals surface area contributed by atoms with E-state index in [1.807, 2.05) is 0 Å². The van der Waals surface area contributed by atoms with Gasteiger partial charge in [0.15, 0.2) is 0 Å². The van der Waals surface area contributed by atoms with Gasteiger partial charge in [0, 0.05) is 12.6 Å². The summed E-state index contributed by atoms with van der Waals surface area (Å²) >= 11 is 0. The first-order chi connectivity index (χ1) is 3.85. The van der Waals surface area contributed by atoms with Crippen molar-refractivity contribution >= 4 is 0 Å². The standard InChI is InChI=1S/C5H13NO2/c1-6-5(4-8)2-3-7/h5-8H,2-4H2,1H3. The Morgan fingerprint density at radius 2 is 2.12 bits per heavy atom. The van der Waals surface area contributed by atoms with Gasteiger partial charge in [0.25, 0.3) is 0 Å². The molecule has 3 N–H and O–H groups in total. The average Bonchev–Trinajstić information content (AvgIpc) is 1.83. The summed E-state index contributed by atoms with van der Waals surface area (Å²) in [6, 6.07) is 0.0556. The van der Waals surface area contributed by atoms with Gasteiger partial charge in [-0.25, -0.2) is 0 Å². The van der Waals surface area contributed by atoms with Gasteiger partial charge in [0.1, 0.15) is 0 Å². The molecule has 1 unspecified atom stereocenters. The Morgan fingerprint density at radius 3 is 2.25 bits per heavy atom. The van der Waals surface area contributed by atoms with Crippen molar-refractivity contribution in [3.05, 3.63) is 0 Å². The lowest BCUT2D eigenvalue weighted by Gasteiger charge is -2.09. The van der Waals surface area contributed by atoms with Gasteiger partial charge in [-0.1, -0.05) is 0 Å². The highest BCUT2D eigenvalue weighted by atomic mass is 16.3. The molecule has 0 spiro atoms. The normalized spacial score (nSPS) is 13.9. The third-order valence-electron chi connectivity index (χ3n) is 1.11. The second kappa shape index (κ2) is 5.03. The zero-order chi connectivity index (χ0) is 6.41. The molecule has 0 heterocycles. The first-order valence-corrected chi connectivity index (χ1v) is 2.74. The summed E-state index contributed by atoms with van der Waals surface area (Å²) < 4.78 is 0. The Bertz CT molecular complexity index is 45.7. The molecule has 0 aromatic heterocycles.